The van der Waals surface area contributed by atoms with E-state index in [9.17, 15) is 0 Å². The molecule has 2 heterocycles. The Morgan fingerprint density at radius 1 is 1.35 bits per heavy atom. The lowest BCUT2D eigenvalue weighted by atomic mass is 9.91. The van der Waals surface area contributed by atoms with E-state index in [0.717, 1.165) is 30.0 Å². The van der Waals surface area contributed by atoms with E-state index in [1.807, 2.05) is 12.1 Å². The summed E-state index contributed by atoms with van der Waals surface area (Å²) in [5.74, 6) is 0.779. The second-order valence-corrected chi connectivity index (χ2v) is 4.66. The summed E-state index contributed by atoms with van der Waals surface area (Å²) in [4.78, 5) is 11.8. The number of fused-ring (bicyclic) bond motifs is 1. The number of nitrogens with one attached hydrogen (secondary N) is 2. The monoisotopic (exact) mass is 231 g/mol. The van der Waals surface area contributed by atoms with Crippen LogP contribution >= 0.6 is 0 Å². The fraction of sp³-hybridized carbons (Fsp3) is 0.500. The van der Waals surface area contributed by atoms with Gasteiger partial charge in [-0.1, -0.05) is 12.8 Å². The van der Waals surface area contributed by atoms with Gasteiger partial charge in [0.1, 0.15) is 0 Å². The first-order chi connectivity index (χ1) is 8.33. The number of pyridine rings is 1. The van der Waals surface area contributed by atoms with Crippen molar-refractivity contribution in [3.8, 4) is 0 Å². The van der Waals surface area contributed by atoms with Crippen LogP contribution in [0.15, 0.2) is 18.3 Å². The molecule has 1 saturated carbocycles. The molecule has 0 radical (unpaired) electrons. The summed E-state index contributed by atoms with van der Waals surface area (Å²) in [6.45, 7) is 0. The van der Waals surface area contributed by atoms with E-state index in [0.29, 0.717) is 6.04 Å². The van der Waals surface area contributed by atoms with Crippen molar-refractivity contribution in [3.05, 3.63) is 18.3 Å². The number of anilines is 1. The highest BCUT2D eigenvalue weighted by Crippen LogP contribution is 2.20. The maximum absolute atomic E-state index is 6.10. The number of nitrogens with two attached hydrogens (primary N) is 1. The van der Waals surface area contributed by atoms with Crippen LogP contribution < -0.4 is 11.1 Å². The van der Waals surface area contributed by atoms with Gasteiger partial charge in [-0.05, 0) is 25.0 Å². The van der Waals surface area contributed by atoms with E-state index in [-0.39, 0.29) is 6.04 Å². The van der Waals surface area contributed by atoms with Crippen LogP contribution in [0.2, 0.25) is 0 Å². The molecule has 4 N–H and O–H groups in total. The molecule has 17 heavy (non-hydrogen) atoms. The van der Waals surface area contributed by atoms with Gasteiger partial charge in [0.15, 0.2) is 5.65 Å². The molecule has 0 saturated heterocycles. The Morgan fingerprint density at radius 2 is 2.24 bits per heavy atom. The molecule has 1 aliphatic rings. The summed E-state index contributed by atoms with van der Waals surface area (Å²) in [6.07, 6.45) is 6.44. The molecule has 2 aromatic rings. The third kappa shape index (κ3) is 2.10. The number of nitrogens with zero attached hydrogens (tertiary/aromatic N) is 2. The summed E-state index contributed by atoms with van der Waals surface area (Å²) < 4.78 is 0. The van der Waals surface area contributed by atoms with E-state index in [4.69, 9.17) is 5.73 Å². The lowest BCUT2D eigenvalue weighted by Gasteiger charge is -2.28. The molecule has 3 rings (SSSR count). The van der Waals surface area contributed by atoms with E-state index >= 15 is 0 Å². The van der Waals surface area contributed by atoms with E-state index in [1.165, 1.54) is 12.8 Å². The van der Waals surface area contributed by atoms with E-state index < -0.39 is 0 Å². The number of H-pyrrole nitrogens is 1. The minimum Gasteiger partial charge on any atom is -0.351 e. The SMILES string of the molecule is NC1CCCCC1Nc1nc2ncccc2[nH]1. The molecule has 0 bridgehead atoms. The maximum Gasteiger partial charge on any atom is 0.202 e. The van der Waals surface area contributed by atoms with Crippen LogP contribution in [0.4, 0.5) is 5.95 Å². The molecule has 0 aliphatic heterocycles. The van der Waals surface area contributed by atoms with Gasteiger partial charge in [-0.2, -0.15) is 4.98 Å². The summed E-state index contributed by atoms with van der Waals surface area (Å²) in [6, 6.07) is 4.42. The standard InChI is InChI=1S/C12H17N5/c13-8-4-1-2-5-9(8)15-12-16-10-6-3-7-14-11(10)17-12/h3,6-9H,1-2,4-5,13H2,(H2,14,15,16,17). The number of hydrogen-bond donors (Lipinski definition) is 3. The largest absolute Gasteiger partial charge is 0.351 e. The minimum atomic E-state index is 0.227. The molecule has 2 unspecified atom stereocenters. The van der Waals surface area contributed by atoms with Crippen LogP contribution in [0.25, 0.3) is 11.2 Å². The molecule has 5 nitrogen and oxygen atoms in total. The van der Waals surface area contributed by atoms with Crippen molar-refractivity contribution in [1.82, 2.24) is 15.0 Å². The third-order valence-corrected chi connectivity index (χ3v) is 3.40. The highest BCUT2D eigenvalue weighted by Gasteiger charge is 2.22. The smallest absolute Gasteiger partial charge is 0.202 e. The number of aromatic nitrogens is 3. The average molecular weight is 231 g/mol. The van der Waals surface area contributed by atoms with Crippen molar-refractivity contribution in [1.29, 1.82) is 0 Å². The molecular formula is C12H17N5. The Kier molecular flexibility index (Phi) is 2.68. The molecule has 0 spiro atoms. The van der Waals surface area contributed by atoms with Gasteiger partial charge in [-0.25, -0.2) is 4.98 Å². The Labute approximate surface area is 99.8 Å². The van der Waals surface area contributed by atoms with Crippen LogP contribution in [0.1, 0.15) is 25.7 Å². The molecule has 2 atom stereocenters. The number of imidazole rings is 1. The molecule has 90 valence electrons. The van der Waals surface area contributed by atoms with Crippen molar-refractivity contribution >= 4 is 17.1 Å². The summed E-state index contributed by atoms with van der Waals surface area (Å²) in [7, 11) is 0. The van der Waals surface area contributed by atoms with Crippen molar-refractivity contribution in [2.45, 2.75) is 37.8 Å². The number of hydrogen-bond acceptors (Lipinski definition) is 4. The fourth-order valence-corrected chi connectivity index (χ4v) is 2.43. The summed E-state index contributed by atoms with van der Waals surface area (Å²) >= 11 is 0. The minimum absolute atomic E-state index is 0.227. The van der Waals surface area contributed by atoms with E-state index in [1.54, 1.807) is 6.20 Å². The van der Waals surface area contributed by atoms with Gasteiger partial charge >= 0.3 is 0 Å². The van der Waals surface area contributed by atoms with Gasteiger partial charge in [0.05, 0.1) is 5.52 Å². The average Bonchev–Trinajstić information content (AvgIpc) is 2.74. The molecule has 5 heteroatoms. The zero-order valence-electron chi connectivity index (χ0n) is 9.69. The van der Waals surface area contributed by atoms with Gasteiger partial charge < -0.3 is 16.0 Å². The summed E-state index contributed by atoms with van der Waals surface area (Å²) in [5.41, 5.74) is 7.81. The Morgan fingerprint density at radius 3 is 3.06 bits per heavy atom. The first-order valence-corrected chi connectivity index (χ1v) is 6.16. The van der Waals surface area contributed by atoms with Gasteiger partial charge in [0.2, 0.25) is 5.95 Å². The van der Waals surface area contributed by atoms with Gasteiger partial charge in [-0.3, -0.25) is 0 Å². The zero-order chi connectivity index (χ0) is 11.7. The van der Waals surface area contributed by atoms with Crippen LogP contribution in [0, 0.1) is 0 Å². The van der Waals surface area contributed by atoms with Crippen LogP contribution in [-0.2, 0) is 0 Å². The predicted molar refractivity (Wildman–Crippen MR) is 67.7 cm³/mol. The van der Waals surface area contributed by atoms with Crippen molar-refractivity contribution in [2.24, 2.45) is 5.73 Å². The lowest BCUT2D eigenvalue weighted by molar-refractivity contribution is 0.403. The second kappa shape index (κ2) is 4.33. The van der Waals surface area contributed by atoms with Gasteiger partial charge in [0, 0.05) is 18.3 Å². The highest BCUT2D eigenvalue weighted by atomic mass is 15.2. The van der Waals surface area contributed by atoms with Crippen molar-refractivity contribution < 1.29 is 0 Å². The quantitative estimate of drug-likeness (QED) is 0.734. The summed E-state index contributed by atoms with van der Waals surface area (Å²) in [5, 5.41) is 3.39. The van der Waals surface area contributed by atoms with Crippen molar-refractivity contribution in [2.75, 3.05) is 5.32 Å². The molecule has 0 amide bonds. The number of rotatable bonds is 2. The molecular weight excluding hydrogens is 214 g/mol. The first-order valence-electron chi connectivity index (χ1n) is 6.16. The molecule has 0 aromatic carbocycles. The molecule has 1 aliphatic carbocycles. The third-order valence-electron chi connectivity index (χ3n) is 3.40. The maximum atomic E-state index is 6.10. The lowest BCUT2D eigenvalue weighted by Crippen LogP contribution is -2.42. The fourth-order valence-electron chi connectivity index (χ4n) is 2.43. The Bertz CT molecular complexity index is 473. The highest BCUT2D eigenvalue weighted by molar-refractivity contribution is 5.72. The number of aromatic amines is 1. The molecule has 2 aromatic heterocycles. The first kappa shape index (κ1) is 10.5. The second-order valence-electron chi connectivity index (χ2n) is 4.66. The van der Waals surface area contributed by atoms with E-state index in [2.05, 4.69) is 20.3 Å². The van der Waals surface area contributed by atoms with Gasteiger partial charge in [0.25, 0.3) is 0 Å². The predicted octanol–water partition coefficient (Wildman–Crippen LogP) is 1.64. The normalized spacial score (nSPS) is 25.0. The Balaban J connectivity index is 1.79. The molecule has 1 fully saturated rings. The zero-order valence-corrected chi connectivity index (χ0v) is 9.69. The van der Waals surface area contributed by atoms with Crippen LogP contribution in [-0.4, -0.2) is 27.0 Å². The Hall–Kier alpha value is -1.62. The topological polar surface area (TPSA) is 79.6 Å². The van der Waals surface area contributed by atoms with Crippen molar-refractivity contribution in [3.63, 3.8) is 0 Å². The van der Waals surface area contributed by atoms with Gasteiger partial charge in [-0.15, -0.1) is 0 Å². The van der Waals surface area contributed by atoms with Crippen LogP contribution in [0.3, 0.4) is 0 Å². The van der Waals surface area contributed by atoms with Crippen LogP contribution in [0.5, 0.6) is 0 Å².